The van der Waals surface area contributed by atoms with Crippen molar-refractivity contribution in [2.45, 2.75) is 33.7 Å². The molecule has 2 aliphatic heterocycles. The Morgan fingerprint density at radius 3 is 2.37 bits per heavy atom. The molecule has 2 saturated heterocycles. The van der Waals surface area contributed by atoms with E-state index in [9.17, 15) is 9.59 Å². The minimum Gasteiger partial charge on any atom is -0.368 e. The van der Waals surface area contributed by atoms with Crippen molar-refractivity contribution >= 4 is 17.5 Å². The highest BCUT2D eigenvalue weighted by Gasteiger charge is 2.37. The average Bonchev–Trinajstić information content (AvgIpc) is 3.11. The summed E-state index contributed by atoms with van der Waals surface area (Å²) < 4.78 is 0. The molecule has 2 amide bonds. The van der Waals surface area contributed by atoms with Crippen molar-refractivity contribution < 1.29 is 9.59 Å². The lowest BCUT2D eigenvalue weighted by molar-refractivity contribution is -0.136. The first-order valence-electron chi connectivity index (χ1n) is 10.9. The van der Waals surface area contributed by atoms with Crippen LogP contribution in [0.3, 0.4) is 0 Å². The normalized spacial score (nSPS) is 19.5. The van der Waals surface area contributed by atoms with Gasteiger partial charge in [-0.05, 0) is 43.5 Å². The molecule has 0 unspecified atom stereocenters. The Kier molecular flexibility index (Phi) is 5.80. The zero-order chi connectivity index (χ0) is 21.3. The van der Waals surface area contributed by atoms with E-state index in [-0.39, 0.29) is 17.7 Å². The Bertz CT molecular complexity index is 930. The molecule has 2 heterocycles. The Hall–Kier alpha value is -2.82. The van der Waals surface area contributed by atoms with Crippen LogP contribution in [0.1, 0.15) is 28.7 Å². The molecule has 2 aliphatic rings. The molecular weight excluding hydrogens is 374 g/mol. The molecule has 0 saturated carbocycles. The van der Waals surface area contributed by atoms with Crippen molar-refractivity contribution in [1.82, 2.24) is 9.80 Å². The summed E-state index contributed by atoms with van der Waals surface area (Å²) in [6.45, 7) is 10.6. The van der Waals surface area contributed by atoms with Gasteiger partial charge in [0, 0.05) is 51.4 Å². The van der Waals surface area contributed by atoms with Crippen LogP contribution in [0.25, 0.3) is 0 Å². The van der Waals surface area contributed by atoms with Gasteiger partial charge in [-0.15, -0.1) is 0 Å². The van der Waals surface area contributed by atoms with E-state index in [2.05, 4.69) is 68.1 Å². The molecule has 2 aromatic rings. The highest BCUT2D eigenvalue weighted by atomic mass is 16.2. The van der Waals surface area contributed by atoms with Gasteiger partial charge in [0.05, 0.1) is 5.92 Å². The summed E-state index contributed by atoms with van der Waals surface area (Å²) in [5, 5.41) is 0. The van der Waals surface area contributed by atoms with Crippen LogP contribution in [-0.4, -0.2) is 54.3 Å². The number of piperazine rings is 1. The molecule has 2 fully saturated rings. The summed E-state index contributed by atoms with van der Waals surface area (Å²) in [5.41, 5.74) is 6.20. The number of anilines is 1. The third-order valence-electron chi connectivity index (χ3n) is 6.57. The summed E-state index contributed by atoms with van der Waals surface area (Å²) in [6, 6.07) is 14.6. The second-order valence-corrected chi connectivity index (χ2v) is 8.69. The smallest absolute Gasteiger partial charge is 0.228 e. The minimum absolute atomic E-state index is 0.0861. The summed E-state index contributed by atoms with van der Waals surface area (Å²) in [6.07, 6.45) is 0.335. The Labute approximate surface area is 179 Å². The van der Waals surface area contributed by atoms with Crippen LogP contribution >= 0.6 is 0 Å². The number of aryl methyl sites for hydroxylation is 2. The fourth-order valence-electron chi connectivity index (χ4n) is 4.51. The van der Waals surface area contributed by atoms with Gasteiger partial charge < -0.3 is 14.7 Å². The lowest BCUT2D eigenvalue weighted by Crippen LogP contribution is -2.50. The van der Waals surface area contributed by atoms with E-state index in [0.29, 0.717) is 19.5 Å². The number of carbonyl (C=O) groups is 2. The fraction of sp³-hybridized carbons (Fsp3) is 0.440. The molecular formula is C25H31N3O2. The summed E-state index contributed by atoms with van der Waals surface area (Å²) in [4.78, 5) is 31.7. The number of rotatable bonds is 4. The molecule has 0 aromatic heterocycles. The van der Waals surface area contributed by atoms with Crippen molar-refractivity contribution in [2.75, 3.05) is 37.6 Å². The molecule has 0 bridgehead atoms. The van der Waals surface area contributed by atoms with Gasteiger partial charge in [0.1, 0.15) is 0 Å². The predicted octanol–water partition coefficient (Wildman–Crippen LogP) is 3.31. The van der Waals surface area contributed by atoms with Crippen LogP contribution < -0.4 is 4.90 Å². The van der Waals surface area contributed by atoms with Crippen LogP contribution in [0.4, 0.5) is 5.69 Å². The summed E-state index contributed by atoms with van der Waals surface area (Å²) in [5.74, 6) is 0.00789. The maximum absolute atomic E-state index is 13.1. The predicted molar refractivity (Wildman–Crippen MR) is 119 cm³/mol. The third kappa shape index (κ3) is 4.20. The van der Waals surface area contributed by atoms with Crippen LogP contribution in [0.15, 0.2) is 42.5 Å². The molecule has 0 aliphatic carbocycles. The minimum atomic E-state index is -0.213. The molecule has 2 aromatic carbocycles. The van der Waals surface area contributed by atoms with Crippen molar-refractivity contribution in [2.24, 2.45) is 5.92 Å². The van der Waals surface area contributed by atoms with Crippen LogP contribution in [0, 0.1) is 26.7 Å². The molecule has 4 rings (SSSR count). The summed E-state index contributed by atoms with van der Waals surface area (Å²) >= 11 is 0. The standard InChI is InChI=1S/C25H31N3O2/c1-18-7-9-21(10-8-18)16-28-17-22(15-24(28)29)25(30)27-13-11-26(12-14-27)23-6-4-5-19(2)20(23)3/h4-10,22H,11-17H2,1-3H3/t22-/m0/s1. The Balaban J connectivity index is 1.33. The highest BCUT2D eigenvalue weighted by molar-refractivity contribution is 5.89. The van der Waals surface area contributed by atoms with Crippen molar-refractivity contribution in [3.05, 3.63) is 64.7 Å². The second kappa shape index (κ2) is 8.50. The van der Waals surface area contributed by atoms with E-state index < -0.39 is 0 Å². The first-order valence-corrected chi connectivity index (χ1v) is 10.9. The number of hydrogen-bond acceptors (Lipinski definition) is 3. The zero-order valence-corrected chi connectivity index (χ0v) is 18.2. The second-order valence-electron chi connectivity index (χ2n) is 8.69. The van der Waals surface area contributed by atoms with Gasteiger partial charge in [0.15, 0.2) is 0 Å². The highest BCUT2D eigenvalue weighted by Crippen LogP contribution is 2.26. The number of likely N-dealkylation sites (tertiary alicyclic amines) is 1. The first kappa shape index (κ1) is 20.5. The number of carbonyl (C=O) groups excluding carboxylic acids is 2. The van der Waals surface area contributed by atoms with Crippen molar-refractivity contribution in [3.63, 3.8) is 0 Å². The van der Waals surface area contributed by atoms with Gasteiger partial charge in [-0.1, -0.05) is 42.0 Å². The number of benzene rings is 2. The Morgan fingerprint density at radius 1 is 0.967 bits per heavy atom. The maximum Gasteiger partial charge on any atom is 0.228 e. The topological polar surface area (TPSA) is 43.9 Å². The molecule has 0 spiro atoms. The van der Waals surface area contributed by atoms with E-state index in [1.54, 1.807) is 0 Å². The van der Waals surface area contributed by atoms with Gasteiger partial charge in [0.2, 0.25) is 11.8 Å². The van der Waals surface area contributed by atoms with E-state index in [4.69, 9.17) is 0 Å². The monoisotopic (exact) mass is 405 g/mol. The van der Waals surface area contributed by atoms with Crippen LogP contribution in [-0.2, 0) is 16.1 Å². The van der Waals surface area contributed by atoms with Gasteiger partial charge in [-0.25, -0.2) is 0 Å². The molecule has 1 atom stereocenters. The van der Waals surface area contributed by atoms with Gasteiger partial charge >= 0.3 is 0 Å². The van der Waals surface area contributed by atoms with E-state index in [1.807, 2.05) is 9.80 Å². The lowest BCUT2D eigenvalue weighted by atomic mass is 10.1. The van der Waals surface area contributed by atoms with E-state index in [1.165, 1.54) is 22.4 Å². The van der Waals surface area contributed by atoms with E-state index >= 15 is 0 Å². The maximum atomic E-state index is 13.1. The van der Waals surface area contributed by atoms with Crippen molar-refractivity contribution in [1.29, 1.82) is 0 Å². The summed E-state index contributed by atoms with van der Waals surface area (Å²) in [7, 11) is 0. The molecule has 30 heavy (non-hydrogen) atoms. The van der Waals surface area contributed by atoms with Crippen LogP contribution in [0.2, 0.25) is 0 Å². The van der Waals surface area contributed by atoms with Crippen LogP contribution in [0.5, 0.6) is 0 Å². The molecule has 5 nitrogen and oxygen atoms in total. The van der Waals surface area contributed by atoms with Gasteiger partial charge in [0.25, 0.3) is 0 Å². The first-order chi connectivity index (χ1) is 14.4. The SMILES string of the molecule is Cc1ccc(CN2C[C@@H](C(=O)N3CCN(c4cccc(C)c4C)CC3)CC2=O)cc1. The average molecular weight is 406 g/mol. The fourth-order valence-corrected chi connectivity index (χ4v) is 4.51. The van der Waals surface area contributed by atoms with Gasteiger partial charge in [-0.2, -0.15) is 0 Å². The van der Waals surface area contributed by atoms with E-state index in [0.717, 1.165) is 31.7 Å². The quantitative estimate of drug-likeness (QED) is 0.784. The number of nitrogens with zero attached hydrogens (tertiary/aromatic N) is 3. The molecule has 0 radical (unpaired) electrons. The van der Waals surface area contributed by atoms with Crippen molar-refractivity contribution in [3.8, 4) is 0 Å². The molecule has 0 N–H and O–H groups in total. The third-order valence-corrected chi connectivity index (χ3v) is 6.57. The van der Waals surface area contributed by atoms with Gasteiger partial charge in [-0.3, -0.25) is 9.59 Å². The number of amides is 2. The molecule has 5 heteroatoms. The molecule has 158 valence electrons. The number of hydrogen-bond donors (Lipinski definition) is 0. The lowest BCUT2D eigenvalue weighted by Gasteiger charge is -2.38. The zero-order valence-electron chi connectivity index (χ0n) is 18.2. The largest absolute Gasteiger partial charge is 0.368 e. The Morgan fingerprint density at radius 2 is 1.67 bits per heavy atom.